The van der Waals surface area contributed by atoms with Gasteiger partial charge in [0.1, 0.15) is 0 Å². The maximum atomic E-state index is 11.3. The predicted molar refractivity (Wildman–Crippen MR) is 73.6 cm³/mol. The Kier molecular flexibility index (Phi) is 3.72. The molecule has 1 aromatic heterocycles. The third-order valence-electron chi connectivity index (χ3n) is 2.67. The van der Waals surface area contributed by atoms with Crippen LogP contribution in [0.25, 0.3) is 17.0 Å². The second-order valence-corrected chi connectivity index (χ2v) is 4.38. The van der Waals surface area contributed by atoms with E-state index in [-0.39, 0.29) is 5.97 Å². The lowest BCUT2D eigenvalue weighted by Crippen LogP contribution is -1.98. The van der Waals surface area contributed by atoms with Crippen molar-refractivity contribution in [2.24, 2.45) is 7.05 Å². The van der Waals surface area contributed by atoms with Gasteiger partial charge in [0.15, 0.2) is 0 Å². The summed E-state index contributed by atoms with van der Waals surface area (Å²) in [5.41, 5.74) is 2.02. The fraction of sp³-hybridized carbons (Fsp3) is 0.214. The minimum absolute atomic E-state index is 0.337. The second-order valence-electron chi connectivity index (χ2n) is 3.94. The first-order valence-corrected chi connectivity index (χ1v) is 6.09. The van der Waals surface area contributed by atoms with E-state index in [4.69, 9.17) is 16.3 Å². The van der Waals surface area contributed by atoms with Crippen LogP contribution in [0.4, 0.5) is 0 Å². The molecule has 0 spiro atoms. The van der Waals surface area contributed by atoms with Crippen LogP contribution in [0, 0.1) is 0 Å². The Labute approximate surface area is 111 Å². The van der Waals surface area contributed by atoms with Crippen LogP contribution < -0.4 is 0 Å². The summed E-state index contributed by atoms with van der Waals surface area (Å²) in [7, 11) is 1.96. The number of aryl methyl sites for hydroxylation is 1. The number of carbonyl (C=O) groups excluding carboxylic acids is 1. The lowest BCUT2D eigenvalue weighted by Gasteiger charge is -1.96. The highest BCUT2D eigenvalue weighted by Crippen LogP contribution is 2.25. The summed E-state index contributed by atoms with van der Waals surface area (Å²) in [5.74, 6) is -0.337. The summed E-state index contributed by atoms with van der Waals surface area (Å²) in [5, 5.41) is 1.70. The minimum atomic E-state index is -0.337. The summed E-state index contributed by atoms with van der Waals surface area (Å²) in [6, 6.07) is 5.70. The van der Waals surface area contributed by atoms with Crippen molar-refractivity contribution in [1.82, 2.24) is 4.57 Å². The zero-order valence-corrected chi connectivity index (χ0v) is 11.1. The third kappa shape index (κ3) is 2.57. The van der Waals surface area contributed by atoms with Crippen molar-refractivity contribution < 1.29 is 9.53 Å². The van der Waals surface area contributed by atoms with Gasteiger partial charge >= 0.3 is 5.97 Å². The molecule has 0 N–H and O–H groups in total. The lowest BCUT2D eigenvalue weighted by atomic mass is 10.1. The number of nitrogens with zero attached hydrogens (tertiary/aromatic N) is 1. The van der Waals surface area contributed by atoms with Crippen molar-refractivity contribution in [2.45, 2.75) is 6.92 Å². The molecule has 0 saturated carbocycles. The molecule has 0 radical (unpaired) electrons. The van der Waals surface area contributed by atoms with Crippen molar-refractivity contribution in [2.75, 3.05) is 6.61 Å². The van der Waals surface area contributed by atoms with Crippen molar-refractivity contribution in [3.8, 4) is 0 Å². The normalized spacial score (nSPS) is 11.3. The molecule has 0 fully saturated rings. The zero-order valence-electron chi connectivity index (χ0n) is 10.3. The van der Waals surface area contributed by atoms with Crippen LogP contribution in [-0.4, -0.2) is 17.1 Å². The number of aromatic nitrogens is 1. The van der Waals surface area contributed by atoms with Crippen LogP contribution in [0.15, 0.2) is 30.5 Å². The fourth-order valence-corrected chi connectivity index (χ4v) is 2.05. The largest absolute Gasteiger partial charge is 0.463 e. The topological polar surface area (TPSA) is 31.2 Å². The van der Waals surface area contributed by atoms with Gasteiger partial charge in [-0.1, -0.05) is 11.6 Å². The molecule has 0 aliphatic carbocycles. The Morgan fingerprint density at radius 2 is 2.28 bits per heavy atom. The monoisotopic (exact) mass is 263 g/mol. The second kappa shape index (κ2) is 5.27. The van der Waals surface area contributed by atoms with E-state index in [0.717, 1.165) is 16.5 Å². The van der Waals surface area contributed by atoms with E-state index < -0.39 is 0 Å². The van der Waals surface area contributed by atoms with E-state index >= 15 is 0 Å². The van der Waals surface area contributed by atoms with Gasteiger partial charge in [0.2, 0.25) is 0 Å². The first kappa shape index (κ1) is 12.7. The van der Waals surface area contributed by atoms with E-state index in [0.29, 0.717) is 11.6 Å². The van der Waals surface area contributed by atoms with Crippen LogP contribution >= 0.6 is 11.6 Å². The van der Waals surface area contributed by atoms with E-state index in [1.165, 1.54) is 6.08 Å². The molecule has 0 aliphatic rings. The van der Waals surface area contributed by atoms with Crippen molar-refractivity contribution >= 4 is 34.5 Å². The molecule has 1 aromatic carbocycles. The molecule has 0 bridgehead atoms. The fourth-order valence-electron chi connectivity index (χ4n) is 1.88. The number of halogens is 1. The predicted octanol–water partition coefficient (Wildman–Crippen LogP) is 3.41. The van der Waals surface area contributed by atoms with Gasteiger partial charge in [-0.2, -0.15) is 0 Å². The SMILES string of the molecule is CCOC(=O)/C=C/c1cn(C)c2ccc(Cl)cc12. The number of esters is 1. The quantitative estimate of drug-likeness (QED) is 0.628. The molecular formula is C14H14ClNO2. The summed E-state index contributed by atoms with van der Waals surface area (Å²) in [4.78, 5) is 11.3. The van der Waals surface area contributed by atoms with Crippen molar-refractivity contribution in [3.63, 3.8) is 0 Å². The van der Waals surface area contributed by atoms with E-state index in [1.54, 1.807) is 13.0 Å². The van der Waals surface area contributed by atoms with Gasteiger partial charge in [0.25, 0.3) is 0 Å². The van der Waals surface area contributed by atoms with Gasteiger partial charge in [0, 0.05) is 40.8 Å². The average molecular weight is 264 g/mol. The summed E-state index contributed by atoms with van der Waals surface area (Å²) in [6.45, 7) is 2.16. The number of benzene rings is 1. The molecule has 4 heteroatoms. The van der Waals surface area contributed by atoms with Gasteiger partial charge in [0.05, 0.1) is 6.61 Å². The van der Waals surface area contributed by atoms with Crippen LogP contribution in [0.1, 0.15) is 12.5 Å². The number of rotatable bonds is 3. The maximum absolute atomic E-state index is 11.3. The highest BCUT2D eigenvalue weighted by atomic mass is 35.5. The Balaban J connectivity index is 2.39. The third-order valence-corrected chi connectivity index (χ3v) is 2.90. The molecule has 0 amide bonds. The number of carbonyl (C=O) groups is 1. The Bertz CT molecular complexity index is 614. The van der Waals surface area contributed by atoms with Gasteiger partial charge in [-0.25, -0.2) is 4.79 Å². The molecule has 3 nitrogen and oxygen atoms in total. The average Bonchev–Trinajstić information content (AvgIpc) is 2.63. The van der Waals surface area contributed by atoms with Gasteiger partial charge in [-0.05, 0) is 31.2 Å². The molecule has 0 saturated heterocycles. The summed E-state index contributed by atoms with van der Waals surface area (Å²) < 4.78 is 6.84. The number of hydrogen-bond donors (Lipinski definition) is 0. The maximum Gasteiger partial charge on any atom is 0.330 e. The van der Waals surface area contributed by atoms with Crippen molar-refractivity contribution in [1.29, 1.82) is 0 Å². The Morgan fingerprint density at radius 3 is 3.00 bits per heavy atom. The Morgan fingerprint density at radius 1 is 1.50 bits per heavy atom. The lowest BCUT2D eigenvalue weighted by molar-refractivity contribution is -0.137. The highest BCUT2D eigenvalue weighted by Gasteiger charge is 2.05. The molecule has 0 aliphatic heterocycles. The molecule has 0 unspecified atom stereocenters. The standard InChI is InChI=1S/C14H14ClNO2/c1-3-18-14(17)7-4-10-9-16(2)13-6-5-11(15)8-12(10)13/h4-9H,3H2,1-2H3/b7-4+. The summed E-state index contributed by atoms with van der Waals surface area (Å²) >= 11 is 5.99. The first-order valence-electron chi connectivity index (χ1n) is 5.71. The molecule has 2 rings (SSSR count). The van der Waals surface area contributed by atoms with Gasteiger partial charge < -0.3 is 9.30 Å². The van der Waals surface area contributed by atoms with Crippen molar-refractivity contribution in [3.05, 3.63) is 41.1 Å². The molecule has 18 heavy (non-hydrogen) atoms. The molecule has 2 aromatic rings. The van der Waals surface area contributed by atoms with Crippen LogP contribution in [0.3, 0.4) is 0 Å². The van der Waals surface area contributed by atoms with E-state index in [2.05, 4.69) is 0 Å². The van der Waals surface area contributed by atoms with Gasteiger partial charge in [-0.3, -0.25) is 0 Å². The van der Waals surface area contributed by atoms with E-state index in [9.17, 15) is 4.79 Å². The molecular weight excluding hydrogens is 250 g/mol. The molecule has 1 heterocycles. The van der Waals surface area contributed by atoms with Crippen LogP contribution in [0.2, 0.25) is 5.02 Å². The summed E-state index contributed by atoms with van der Waals surface area (Å²) in [6.07, 6.45) is 5.13. The molecule has 94 valence electrons. The van der Waals surface area contributed by atoms with Gasteiger partial charge in [-0.15, -0.1) is 0 Å². The number of ether oxygens (including phenoxy) is 1. The highest BCUT2D eigenvalue weighted by molar-refractivity contribution is 6.31. The molecule has 0 atom stereocenters. The zero-order chi connectivity index (χ0) is 13.1. The first-order chi connectivity index (χ1) is 8.61. The smallest absolute Gasteiger partial charge is 0.330 e. The number of fused-ring (bicyclic) bond motifs is 1. The van der Waals surface area contributed by atoms with Crippen LogP contribution in [-0.2, 0) is 16.6 Å². The van der Waals surface area contributed by atoms with E-state index in [1.807, 2.05) is 36.0 Å². The van der Waals surface area contributed by atoms with Crippen LogP contribution in [0.5, 0.6) is 0 Å². The Hall–Kier alpha value is -1.74. The number of hydrogen-bond acceptors (Lipinski definition) is 2. The minimum Gasteiger partial charge on any atom is -0.463 e.